The summed E-state index contributed by atoms with van der Waals surface area (Å²) < 4.78 is 5.72. The first-order valence-electron chi connectivity index (χ1n) is 7.21. The van der Waals surface area contributed by atoms with Crippen LogP contribution in [0.3, 0.4) is 0 Å². The van der Waals surface area contributed by atoms with Gasteiger partial charge in [-0.2, -0.15) is 0 Å². The van der Waals surface area contributed by atoms with E-state index in [0.29, 0.717) is 29.4 Å². The Morgan fingerprint density at radius 3 is 3.00 bits per heavy atom. The SMILES string of the molecule is CN(Cc1nnc(-c2ccccc2Cl)o1)CC1CCCN1. The average Bonchev–Trinajstić information content (AvgIpc) is 3.11. The summed E-state index contributed by atoms with van der Waals surface area (Å²) in [4.78, 5) is 2.20. The molecule has 0 amide bonds. The van der Waals surface area contributed by atoms with Gasteiger partial charge in [0.1, 0.15) is 0 Å². The molecule has 1 aliphatic rings. The van der Waals surface area contributed by atoms with E-state index in [1.807, 2.05) is 24.3 Å². The van der Waals surface area contributed by atoms with E-state index in [0.717, 1.165) is 18.7 Å². The van der Waals surface area contributed by atoms with Gasteiger partial charge >= 0.3 is 0 Å². The van der Waals surface area contributed by atoms with Crippen molar-refractivity contribution in [1.82, 2.24) is 20.4 Å². The highest BCUT2D eigenvalue weighted by molar-refractivity contribution is 6.33. The number of nitrogens with zero attached hydrogens (tertiary/aromatic N) is 3. The summed E-state index contributed by atoms with van der Waals surface area (Å²) >= 11 is 6.14. The Labute approximate surface area is 129 Å². The fourth-order valence-corrected chi connectivity index (χ4v) is 2.86. The second-order valence-electron chi connectivity index (χ2n) is 5.47. The van der Waals surface area contributed by atoms with Crippen LogP contribution in [0.1, 0.15) is 18.7 Å². The fourth-order valence-electron chi connectivity index (χ4n) is 2.65. The number of aromatic nitrogens is 2. The second kappa shape index (κ2) is 6.56. The van der Waals surface area contributed by atoms with Gasteiger partial charge in [-0.3, -0.25) is 4.90 Å². The summed E-state index contributed by atoms with van der Waals surface area (Å²) in [6.07, 6.45) is 2.49. The predicted molar refractivity (Wildman–Crippen MR) is 82.1 cm³/mol. The lowest BCUT2D eigenvalue weighted by atomic mass is 10.2. The first-order valence-corrected chi connectivity index (χ1v) is 7.59. The molecule has 3 rings (SSSR count). The van der Waals surface area contributed by atoms with Crippen LogP contribution in [0.25, 0.3) is 11.5 Å². The van der Waals surface area contributed by atoms with Crippen LogP contribution in [0.4, 0.5) is 0 Å². The van der Waals surface area contributed by atoms with Crippen molar-refractivity contribution in [3.8, 4) is 11.5 Å². The van der Waals surface area contributed by atoms with Crippen LogP contribution < -0.4 is 5.32 Å². The molecule has 1 atom stereocenters. The maximum atomic E-state index is 6.14. The zero-order valence-electron chi connectivity index (χ0n) is 12.1. The van der Waals surface area contributed by atoms with Crippen molar-refractivity contribution in [2.75, 3.05) is 20.1 Å². The third-order valence-corrected chi connectivity index (χ3v) is 4.00. The van der Waals surface area contributed by atoms with Crippen molar-refractivity contribution < 1.29 is 4.42 Å². The molecule has 0 spiro atoms. The number of benzene rings is 1. The van der Waals surface area contributed by atoms with Crippen molar-refractivity contribution in [2.45, 2.75) is 25.4 Å². The van der Waals surface area contributed by atoms with Crippen molar-refractivity contribution in [3.63, 3.8) is 0 Å². The fraction of sp³-hybridized carbons (Fsp3) is 0.467. The van der Waals surface area contributed by atoms with Crippen LogP contribution in [0.2, 0.25) is 5.02 Å². The van der Waals surface area contributed by atoms with E-state index in [2.05, 4.69) is 27.5 Å². The molecule has 1 aromatic carbocycles. The van der Waals surface area contributed by atoms with E-state index in [1.165, 1.54) is 12.8 Å². The number of rotatable bonds is 5. The summed E-state index contributed by atoms with van der Waals surface area (Å²) in [7, 11) is 2.07. The highest BCUT2D eigenvalue weighted by Gasteiger charge is 2.18. The van der Waals surface area contributed by atoms with E-state index in [-0.39, 0.29) is 0 Å². The molecule has 0 saturated carbocycles. The third kappa shape index (κ3) is 3.61. The van der Waals surface area contributed by atoms with E-state index < -0.39 is 0 Å². The molecule has 0 radical (unpaired) electrons. The largest absolute Gasteiger partial charge is 0.419 e. The molecule has 2 aromatic rings. The number of nitrogens with one attached hydrogen (secondary N) is 1. The Bertz CT molecular complexity index is 595. The molecule has 2 heterocycles. The van der Waals surface area contributed by atoms with Gasteiger partial charge in [-0.05, 0) is 38.6 Å². The van der Waals surface area contributed by atoms with Gasteiger partial charge in [0.05, 0.1) is 17.1 Å². The molecule has 1 N–H and O–H groups in total. The normalized spacial score (nSPS) is 18.5. The molecule has 5 nitrogen and oxygen atoms in total. The lowest BCUT2D eigenvalue weighted by Crippen LogP contribution is -2.35. The molecule has 1 saturated heterocycles. The Morgan fingerprint density at radius 2 is 2.24 bits per heavy atom. The monoisotopic (exact) mass is 306 g/mol. The number of hydrogen-bond donors (Lipinski definition) is 1. The summed E-state index contributed by atoms with van der Waals surface area (Å²) in [5.41, 5.74) is 0.776. The van der Waals surface area contributed by atoms with E-state index in [4.69, 9.17) is 16.0 Å². The molecular weight excluding hydrogens is 288 g/mol. The van der Waals surface area contributed by atoms with Crippen LogP contribution in [-0.4, -0.2) is 41.3 Å². The first kappa shape index (κ1) is 14.5. The van der Waals surface area contributed by atoms with Gasteiger partial charge in [0, 0.05) is 12.6 Å². The second-order valence-corrected chi connectivity index (χ2v) is 5.88. The van der Waals surface area contributed by atoms with Crippen molar-refractivity contribution in [2.24, 2.45) is 0 Å². The van der Waals surface area contributed by atoms with Gasteiger partial charge in [-0.15, -0.1) is 10.2 Å². The van der Waals surface area contributed by atoms with E-state index in [1.54, 1.807) is 0 Å². The van der Waals surface area contributed by atoms with Crippen LogP contribution >= 0.6 is 11.6 Å². The zero-order valence-corrected chi connectivity index (χ0v) is 12.8. The van der Waals surface area contributed by atoms with Crippen molar-refractivity contribution >= 4 is 11.6 Å². The molecule has 0 aliphatic carbocycles. The smallest absolute Gasteiger partial charge is 0.249 e. The van der Waals surface area contributed by atoms with Crippen LogP contribution in [-0.2, 0) is 6.54 Å². The lowest BCUT2D eigenvalue weighted by Gasteiger charge is -2.19. The Morgan fingerprint density at radius 1 is 1.38 bits per heavy atom. The van der Waals surface area contributed by atoms with Crippen LogP contribution in [0.15, 0.2) is 28.7 Å². The van der Waals surface area contributed by atoms with Crippen molar-refractivity contribution in [1.29, 1.82) is 0 Å². The zero-order chi connectivity index (χ0) is 14.7. The summed E-state index contributed by atoms with van der Waals surface area (Å²) in [5.74, 6) is 1.09. The third-order valence-electron chi connectivity index (χ3n) is 3.67. The highest BCUT2D eigenvalue weighted by atomic mass is 35.5. The quantitative estimate of drug-likeness (QED) is 0.920. The van der Waals surface area contributed by atoms with Crippen molar-refractivity contribution in [3.05, 3.63) is 35.2 Å². The maximum Gasteiger partial charge on any atom is 0.249 e. The minimum atomic E-state index is 0.475. The molecular formula is C15H19ClN4O. The molecule has 1 fully saturated rings. The van der Waals surface area contributed by atoms with Gasteiger partial charge in [0.25, 0.3) is 0 Å². The minimum Gasteiger partial charge on any atom is -0.419 e. The van der Waals surface area contributed by atoms with Crippen LogP contribution in [0.5, 0.6) is 0 Å². The average molecular weight is 307 g/mol. The summed E-state index contributed by atoms with van der Waals surface area (Å²) in [6.45, 7) is 2.76. The van der Waals surface area contributed by atoms with E-state index >= 15 is 0 Å². The summed E-state index contributed by atoms with van der Waals surface area (Å²) in [6, 6.07) is 8.06. The van der Waals surface area contributed by atoms with Gasteiger partial charge in [0.2, 0.25) is 11.8 Å². The molecule has 6 heteroatoms. The molecule has 1 aliphatic heterocycles. The predicted octanol–water partition coefficient (Wildman–Crippen LogP) is 2.57. The maximum absolute atomic E-state index is 6.14. The van der Waals surface area contributed by atoms with Gasteiger partial charge in [-0.1, -0.05) is 23.7 Å². The Hall–Kier alpha value is -1.43. The van der Waals surface area contributed by atoms with Gasteiger partial charge < -0.3 is 9.73 Å². The Kier molecular flexibility index (Phi) is 4.53. The molecule has 21 heavy (non-hydrogen) atoms. The molecule has 1 aromatic heterocycles. The standard InChI is InChI=1S/C15H19ClN4O/c1-20(9-11-5-4-8-17-11)10-14-18-19-15(21-14)12-6-2-3-7-13(12)16/h2-3,6-7,11,17H,4-5,8-10H2,1H3. The molecule has 1 unspecified atom stereocenters. The van der Waals surface area contributed by atoms with E-state index in [9.17, 15) is 0 Å². The first-order chi connectivity index (χ1) is 10.2. The van der Waals surface area contributed by atoms with Gasteiger partial charge in [0.15, 0.2) is 0 Å². The number of halogens is 1. The van der Waals surface area contributed by atoms with Gasteiger partial charge in [-0.25, -0.2) is 0 Å². The lowest BCUT2D eigenvalue weighted by molar-refractivity contribution is 0.265. The van der Waals surface area contributed by atoms with Crippen LogP contribution in [0, 0.1) is 0 Å². The highest BCUT2D eigenvalue weighted by Crippen LogP contribution is 2.26. The minimum absolute atomic E-state index is 0.475. The topological polar surface area (TPSA) is 54.2 Å². The Balaban J connectivity index is 1.63. The number of hydrogen-bond acceptors (Lipinski definition) is 5. The summed E-state index contributed by atoms with van der Waals surface area (Å²) in [5, 5.41) is 12.3. The molecule has 0 bridgehead atoms. The number of likely N-dealkylation sites (N-methyl/N-ethyl adjacent to an activating group) is 1. The molecule has 112 valence electrons.